The van der Waals surface area contributed by atoms with Gasteiger partial charge in [-0.15, -0.1) is 0 Å². The maximum absolute atomic E-state index is 12.1. The summed E-state index contributed by atoms with van der Waals surface area (Å²) in [5, 5.41) is 10.8. The molecule has 0 saturated carbocycles. The minimum absolute atomic E-state index is 0.115. The van der Waals surface area contributed by atoms with Crippen LogP contribution in [0.4, 0.5) is 5.69 Å². The first-order chi connectivity index (χ1) is 10.5. The third-order valence-electron chi connectivity index (χ3n) is 2.58. The maximum Gasteiger partial charge on any atom is 0.280 e. The summed E-state index contributed by atoms with van der Waals surface area (Å²) in [6.07, 6.45) is 1.06. The van der Waals surface area contributed by atoms with Crippen LogP contribution in [0.25, 0.3) is 0 Å². The molecule has 0 spiro atoms. The fourth-order valence-corrected chi connectivity index (χ4v) is 1.57. The summed E-state index contributed by atoms with van der Waals surface area (Å²) < 4.78 is 0. The zero-order chi connectivity index (χ0) is 16.5. The molecule has 0 radical (unpaired) electrons. The zero-order valence-electron chi connectivity index (χ0n) is 11.6. The molecule has 0 heterocycles. The fraction of sp³-hybridized carbons (Fsp3) is 0. The van der Waals surface area contributed by atoms with Crippen LogP contribution in [0.5, 0.6) is 0 Å². The second-order valence-electron chi connectivity index (χ2n) is 4.08. The predicted molar refractivity (Wildman–Crippen MR) is 82.4 cm³/mol. The number of ketones is 1. The van der Waals surface area contributed by atoms with E-state index < -0.39 is 10.8 Å². The minimum atomic E-state index is -0.545. The number of primary amides is 1. The van der Waals surface area contributed by atoms with Gasteiger partial charge in [0, 0.05) is 11.6 Å². The second-order valence-corrected chi connectivity index (χ2v) is 4.08. The summed E-state index contributed by atoms with van der Waals surface area (Å²) >= 11 is 0. The molecule has 2 N–H and O–H groups in total. The van der Waals surface area contributed by atoms with Gasteiger partial charge in [-0.25, -0.2) is 0 Å². The lowest BCUT2D eigenvalue weighted by molar-refractivity contribution is -0.385. The summed E-state index contributed by atoms with van der Waals surface area (Å²) in [4.78, 5) is 31.8. The van der Waals surface area contributed by atoms with Crippen molar-refractivity contribution in [3.8, 4) is 0 Å². The average Bonchev–Trinajstić information content (AvgIpc) is 2.55. The van der Waals surface area contributed by atoms with Crippen LogP contribution in [-0.4, -0.2) is 16.6 Å². The molecule has 0 aliphatic rings. The Morgan fingerprint density at radius 3 is 2.05 bits per heavy atom. The Labute approximate surface area is 127 Å². The number of nitrogens with zero attached hydrogens (tertiary/aromatic N) is 1. The van der Waals surface area contributed by atoms with Crippen molar-refractivity contribution in [3.63, 3.8) is 0 Å². The SMILES string of the molecule is C=CC(N)=O.O=C(c1ccccc1)c1ccccc1[N+](=O)[O-]. The highest BCUT2D eigenvalue weighted by atomic mass is 16.6. The van der Waals surface area contributed by atoms with Crippen molar-refractivity contribution in [2.45, 2.75) is 0 Å². The zero-order valence-corrected chi connectivity index (χ0v) is 11.6. The van der Waals surface area contributed by atoms with Crippen molar-refractivity contribution in [2.24, 2.45) is 5.73 Å². The standard InChI is InChI=1S/C13H9NO3.C3H5NO/c15-13(10-6-2-1-3-7-10)11-8-4-5-9-12(11)14(16)17;1-2-3(4)5/h1-9H;2H,1H2,(H2,4,5). The first kappa shape index (κ1) is 16.8. The van der Waals surface area contributed by atoms with Gasteiger partial charge in [0.05, 0.1) is 4.92 Å². The highest BCUT2D eigenvalue weighted by molar-refractivity contribution is 6.11. The number of hydrogen-bond acceptors (Lipinski definition) is 4. The van der Waals surface area contributed by atoms with Gasteiger partial charge in [-0.1, -0.05) is 49.0 Å². The highest BCUT2D eigenvalue weighted by Crippen LogP contribution is 2.20. The predicted octanol–water partition coefficient (Wildman–Crippen LogP) is 2.48. The minimum Gasteiger partial charge on any atom is -0.366 e. The molecule has 0 bridgehead atoms. The third-order valence-corrected chi connectivity index (χ3v) is 2.58. The van der Waals surface area contributed by atoms with E-state index in [1.54, 1.807) is 42.5 Å². The van der Waals surface area contributed by atoms with Crippen LogP contribution in [0.2, 0.25) is 0 Å². The maximum atomic E-state index is 12.1. The number of para-hydroxylation sites is 1. The van der Waals surface area contributed by atoms with Gasteiger partial charge in [0.25, 0.3) is 5.69 Å². The normalized spacial score (nSPS) is 9.09. The Morgan fingerprint density at radius 2 is 1.55 bits per heavy atom. The number of rotatable bonds is 4. The van der Waals surface area contributed by atoms with Crippen LogP contribution < -0.4 is 5.73 Å². The Hall–Kier alpha value is -3.28. The molecule has 2 aromatic rings. The molecular weight excluding hydrogens is 284 g/mol. The highest BCUT2D eigenvalue weighted by Gasteiger charge is 2.19. The molecule has 0 aliphatic carbocycles. The fourth-order valence-electron chi connectivity index (χ4n) is 1.57. The lowest BCUT2D eigenvalue weighted by Crippen LogP contribution is -2.04. The number of nitro groups is 1. The van der Waals surface area contributed by atoms with Gasteiger partial charge in [0.1, 0.15) is 5.56 Å². The van der Waals surface area contributed by atoms with Gasteiger partial charge in [-0.2, -0.15) is 0 Å². The van der Waals surface area contributed by atoms with Crippen molar-refractivity contribution in [2.75, 3.05) is 0 Å². The van der Waals surface area contributed by atoms with E-state index in [9.17, 15) is 19.7 Å². The Bertz CT molecular complexity index is 696. The van der Waals surface area contributed by atoms with Crippen molar-refractivity contribution in [1.82, 2.24) is 0 Å². The average molecular weight is 298 g/mol. The molecule has 22 heavy (non-hydrogen) atoms. The molecule has 1 amide bonds. The van der Waals surface area contributed by atoms with E-state index in [-0.39, 0.29) is 17.0 Å². The van der Waals surface area contributed by atoms with Crippen LogP contribution in [-0.2, 0) is 4.79 Å². The van der Waals surface area contributed by atoms with Crippen molar-refractivity contribution >= 4 is 17.4 Å². The largest absolute Gasteiger partial charge is 0.366 e. The van der Waals surface area contributed by atoms with Gasteiger partial charge < -0.3 is 5.73 Å². The summed E-state index contributed by atoms with van der Waals surface area (Å²) in [5.74, 6) is -0.817. The lowest BCUT2D eigenvalue weighted by atomic mass is 10.0. The molecule has 2 aromatic carbocycles. The third kappa shape index (κ3) is 4.68. The number of carbonyl (C=O) groups excluding carboxylic acids is 2. The number of nitro benzene ring substituents is 1. The summed E-state index contributed by atoms with van der Waals surface area (Å²) in [5.41, 5.74) is 4.93. The van der Waals surface area contributed by atoms with Gasteiger partial charge in [0.15, 0.2) is 5.78 Å². The lowest BCUT2D eigenvalue weighted by Gasteiger charge is -2.01. The van der Waals surface area contributed by atoms with Gasteiger partial charge in [-0.05, 0) is 12.1 Å². The molecule has 112 valence electrons. The van der Waals surface area contributed by atoms with Crippen molar-refractivity contribution < 1.29 is 14.5 Å². The summed E-state index contributed by atoms with van der Waals surface area (Å²) in [6.45, 7) is 3.09. The molecule has 6 heteroatoms. The Morgan fingerprint density at radius 1 is 1.05 bits per heavy atom. The van der Waals surface area contributed by atoms with Crippen LogP contribution in [0, 0.1) is 10.1 Å². The number of nitrogens with two attached hydrogens (primary N) is 1. The first-order valence-corrected chi connectivity index (χ1v) is 6.22. The molecule has 0 aromatic heterocycles. The van der Waals surface area contributed by atoms with Crippen molar-refractivity contribution in [1.29, 1.82) is 0 Å². The van der Waals surface area contributed by atoms with E-state index in [0.717, 1.165) is 6.08 Å². The molecule has 6 nitrogen and oxygen atoms in total. The van der Waals surface area contributed by atoms with E-state index in [4.69, 9.17) is 0 Å². The Balaban J connectivity index is 0.000000422. The second kappa shape index (κ2) is 8.11. The van der Waals surface area contributed by atoms with Gasteiger partial charge in [0.2, 0.25) is 5.91 Å². The van der Waals surface area contributed by atoms with Crippen LogP contribution in [0.1, 0.15) is 15.9 Å². The molecule has 0 fully saturated rings. The van der Waals surface area contributed by atoms with E-state index in [2.05, 4.69) is 12.3 Å². The topological polar surface area (TPSA) is 103 Å². The number of amides is 1. The molecular formula is C16H14N2O4. The van der Waals surface area contributed by atoms with Crippen molar-refractivity contribution in [3.05, 3.63) is 88.5 Å². The molecule has 2 rings (SSSR count). The van der Waals surface area contributed by atoms with Crippen LogP contribution in [0.15, 0.2) is 67.3 Å². The molecule has 0 saturated heterocycles. The smallest absolute Gasteiger partial charge is 0.280 e. The van der Waals surface area contributed by atoms with Crippen LogP contribution in [0.3, 0.4) is 0 Å². The number of carbonyl (C=O) groups is 2. The monoisotopic (exact) mass is 298 g/mol. The van der Waals surface area contributed by atoms with Crippen LogP contribution >= 0.6 is 0 Å². The van der Waals surface area contributed by atoms with Gasteiger partial charge in [-0.3, -0.25) is 19.7 Å². The van der Waals surface area contributed by atoms with Gasteiger partial charge >= 0.3 is 0 Å². The van der Waals surface area contributed by atoms with E-state index >= 15 is 0 Å². The molecule has 0 unspecified atom stereocenters. The quantitative estimate of drug-likeness (QED) is 0.405. The van der Waals surface area contributed by atoms with E-state index in [0.29, 0.717) is 5.56 Å². The molecule has 0 atom stereocenters. The first-order valence-electron chi connectivity index (χ1n) is 6.22. The summed E-state index contributed by atoms with van der Waals surface area (Å²) in [7, 11) is 0. The molecule has 0 aliphatic heterocycles. The number of hydrogen-bond donors (Lipinski definition) is 1. The van der Waals surface area contributed by atoms with E-state index in [1.807, 2.05) is 0 Å². The number of benzene rings is 2. The van der Waals surface area contributed by atoms with E-state index in [1.165, 1.54) is 12.1 Å². The summed E-state index contributed by atoms with van der Waals surface area (Å²) in [6, 6.07) is 14.5. The Kier molecular flexibility index (Phi) is 6.18.